The predicted molar refractivity (Wildman–Crippen MR) is 111 cm³/mol. The van der Waals surface area contributed by atoms with Crippen molar-refractivity contribution in [2.45, 2.75) is 39.2 Å². The van der Waals surface area contributed by atoms with Gasteiger partial charge in [-0.25, -0.2) is 0 Å². The molecule has 0 saturated heterocycles. The standard InChI is InChI=1S/C23H26N2O4/c1-16-7-3-5-9-19(16)23(28)24-14-13-22(27)29-15-21(26)25-17(2)11-12-18-8-4-6-10-20(18)25/h3-10,17H,11-15H2,1-2H3,(H,24,28). The summed E-state index contributed by atoms with van der Waals surface area (Å²) >= 11 is 0. The number of hydrogen-bond donors (Lipinski definition) is 1. The van der Waals surface area contributed by atoms with Crippen molar-refractivity contribution in [3.8, 4) is 0 Å². The Hall–Kier alpha value is -3.15. The molecule has 1 aliphatic rings. The molecule has 2 aromatic rings. The number of benzene rings is 2. The van der Waals surface area contributed by atoms with E-state index < -0.39 is 5.97 Å². The fraction of sp³-hybridized carbons (Fsp3) is 0.348. The van der Waals surface area contributed by atoms with Crippen LogP contribution in [-0.2, 0) is 20.7 Å². The Kier molecular flexibility index (Phi) is 6.65. The third-order valence-electron chi connectivity index (χ3n) is 5.15. The maximum absolute atomic E-state index is 12.7. The molecule has 152 valence electrons. The molecule has 0 fully saturated rings. The maximum Gasteiger partial charge on any atom is 0.308 e. The Morgan fingerprint density at radius 1 is 1.10 bits per heavy atom. The van der Waals surface area contributed by atoms with Crippen LogP contribution < -0.4 is 10.2 Å². The molecule has 1 unspecified atom stereocenters. The Morgan fingerprint density at radius 3 is 2.62 bits per heavy atom. The van der Waals surface area contributed by atoms with E-state index in [0.29, 0.717) is 5.56 Å². The summed E-state index contributed by atoms with van der Waals surface area (Å²) in [6, 6.07) is 15.1. The van der Waals surface area contributed by atoms with E-state index in [0.717, 1.165) is 29.7 Å². The summed E-state index contributed by atoms with van der Waals surface area (Å²) in [6.45, 7) is 3.71. The van der Waals surface area contributed by atoms with Crippen molar-refractivity contribution in [3.05, 3.63) is 65.2 Å². The fourth-order valence-electron chi connectivity index (χ4n) is 3.55. The number of fused-ring (bicyclic) bond motifs is 1. The van der Waals surface area contributed by atoms with E-state index in [1.807, 2.05) is 50.2 Å². The Balaban J connectivity index is 1.47. The molecule has 6 nitrogen and oxygen atoms in total. The quantitative estimate of drug-likeness (QED) is 0.764. The zero-order valence-electron chi connectivity index (χ0n) is 16.8. The molecule has 0 saturated carbocycles. The average Bonchev–Trinajstić information content (AvgIpc) is 2.72. The minimum Gasteiger partial charge on any atom is -0.455 e. The molecule has 6 heteroatoms. The summed E-state index contributed by atoms with van der Waals surface area (Å²) in [7, 11) is 0. The monoisotopic (exact) mass is 394 g/mol. The Labute approximate surface area is 170 Å². The van der Waals surface area contributed by atoms with Crippen molar-refractivity contribution >= 4 is 23.5 Å². The summed E-state index contributed by atoms with van der Waals surface area (Å²) in [4.78, 5) is 38.5. The van der Waals surface area contributed by atoms with Gasteiger partial charge < -0.3 is 15.0 Å². The topological polar surface area (TPSA) is 75.7 Å². The lowest BCUT2D eigenvalue weighted by Crippen LogP contribution is -2.44. The van der Waals surface area contributed by atoms with Gasteiger partial charge in [0.25, 0.3) is 11.8 Å². The number of aryl methyl sites for hydroxylation is 2. The van der Waals surface area contributed by atoms with Crippen LogP contribution in [0, 0.1) is 6.92 Å². The zero-order valence-corrected chi connectivity index (χ0v) is 16.8. The molecule has 0 aliphatic carbocycles. The van der Waals surface area contributed by atoms with E-state index in [2.05, 4.69) is 5.32 Å². The number of para-hydroxylation sites is 1. The van der Waals surface area contributed by atoms with Gasteiger partial charge in [0.1, 0.15) is 0 Å². The van der Waals surface area contributed by atoms with Gasteiger partial charge in [0.05, 0.1) is 6.42 Å². The van der Waals surface area contributed by atoms with E-state index in [1.165, 1.54) is 0 Å². The molecule has 3 rings (SSSR count). The Morgan fingerprint density at radius 2 is 1.83 bits per heavy atom. The number of carbonyl (C=O) groups excluding carboxylic acids is 3. The van der Waals surface area contributed by atoms with Gasteiger partial charge in [-0.2, -0.15) is 0 Å². The number of nitrogens with zero attached hydrogens (tertiary/aromatic N) is 1. The van der Waals surface area contributed by atoms with E-state index in [4.69, 9.17) is 4.74 Å². The van der Waals surface area contributed by atoms with Crippen LogP contribution in [-0.4, -0.2) is 37.0 Å². The molecule has 2 aromatic carbocycles. The van der Waals surface area contributed by atoms with E-state index >= 15 is 0 Å². The van der Waals surface area contributed by atoms with Crippen molar-refractivity contribution < 1.29 is 19.1 Å². The molecular formula is C23H26N2O4. The molecular weight excluding hydrogens is 368 g/mol. The number of anilines is 1. The average molecular weight is 394 g/mol. The minimum absolute atomic E-state index is 0.0110. The third kappa shape index (κ3) is 5.02. The Bertz CT molecular complexity index is 909. The first-order valence-corrected chi connectivity index (χ1v) is 9.87. The zero-order chi connectivity index (χ0) is 20.8. The molecule has 2 amide bonds. The first-order chi connectivity index (χ1) is 14.0. The number of hydrogen-bond acceptors (Lipinski definition) is 4. The van der Waals surface area contributed by atoms with E-state index in [-0.39, 0.29) is 37.4 Å². The second-order valence-corrected chi connectivity index (χ2v) is 7.26. The highest BCUT2D eigenvalue weighted by molar-refractivity contribution is 5.97. The smallest absolute Gasteiger partial charge is 0.308 e. The minimum atomic E-state index is -0.513. The van der Waals surface area contributed by atoms with Gasteiger partial charge in [-0.3, -0.25) is 14.4 Å². The molecule has 1 heterocycles. The largest absolute Gasteiger partial charge is 0.455 e. The summed E-state index contributed by atoms with van der Waals surface area (Å²) in [6.07, 6.45) is 1.82. The van der Waals surface area contributed by atoms with E-state index in [9.17, 15) is 14.4 Å². The van der Waals surface area contributed by atoms with Crippen molar-refractivity contribution in [1.29, 1.82) is 0 Å². The van der Waals surface area contributed by atoms with Crippen molar-refractivity contribution in [2.75, 3.05) is 18.1 Å². The van der Waals surface area contributed by atoms with Crippen LogP contribution in [0.25, 0.3) is 0 Å². The van der Waals surface area contributed by atoms with Crippen LogP contribution in [0.3, 0.4) is 0 Å². The number of nitrogens with one attached hydrogen (secondary N) is 1. The summed E-state index contributed by atoms with van der Waals surface area (Å²) in [5.41, 5.74) is 3.46. The first-order valence-electron chi connectivity index (χ1n) is 9.87. The van der Waals surface area contributed by atoms with Gasteiger partial charge in [0.2, 0.25) is 0 Å². The lowest BCUT2D eigenvalue weighted by molar-refractivity contribution is -0.147. The van der Waals surface area contributed by atoms with Crippen LogP contribution in [0.1, 0.15) is 41.3 Å². The molecule has 1 atom stereocenters. The van der Waals surface area contributed by atoms with Gasteiger partial charge >= 0.3 is 5.97 Å². The van der Waals surface area contributed by atoms with Gasteiger partial charge in [0.15, 0.2) is 6.61 Å². The molecule has 0 aromatic heterocycles. The molecule has 1 aliphatic heterocycles. The fourth-order valence-corrected chi connectivity index (χ4v) is 3.55. The highest BCUT2D eigenvalue weighted by atomic mass is 16.5. The summed E-state index contributed by atoms with van der Waals surface area (Å²) < 4.78 is 5.15. The van der Waals surface area contributed by atoms with Gasteiger partial charge in [-0.05, 0) is 49.9 Å². The maximum atomic E-state index is 12.7. The lowest BCUT2D eigenvalue weighted by Gasteiger charge is -2.35. The second-order valence-electron chi connectivity index (χ2n) is 7.26. The van der Waals surface area contributed by atoms with Gasteiger partial charge in [0, 0.05) is 23.8 Å². The highest BCUT2D eigenvalue weighted by Gasteiger charge is 2.28. The predicted octanol–water partition coefficient (Wildman–Crippen LogP) is 3.03. The third-order valence-corrected chi connectivity index (χ3v) is 5.15. The van der Waals surface area contributed by atoms with Gasteiger partial charge in [-0.1, -0.05) is 36.4 Å². The first kappa shape index (κ1) is 20.6. The summed E-state index contributed by atoms with van der Waals surface area (Å²) in [5.74, 6) is -0.978. The molecule has 0 spiro atoms. The molecule has 0 bridgehead atoms. The van der Waals surface area contributed by atoms with Crippen LogP contribution in [0.4, 0.5) is 5.69 Å². The number of carbonyl (C=O) groups is 3. The number of amides is 2. The highest BCUT2D eigenvalue weighted by Crippen LogP contribution is 2.30. The summed E-state index contributed by atoms with van der Waals surface area (Å²) in [5, 5.41) is 2.71. The number of esters is 1. The lowest BCUT2D eigenvalue weighted by atomic mass is 9.96. The SMILES string of the molecule is Cc1ccccc1C(=O)NCCC(=O)OCC(=O)N1c2ccccc2CCC1C. The van der Waals surface area contributed by atoms with Gasteiger partial charge in [-0.15, -0.1) is 0 Å². The molecule has 0 radical (unpaired) electrons. The number of rotatable bonds is 6. The van der Waals surface area contributed by atoms with Crippen LogP contribution in [0.5, 0.6) is 0 Å². The molecule has 29 heavy (non-hydrogen) atoms. The van der Waals surface area contributed by atoms with Crippen LogP contribution >= 0.6 is 0 Å². The van der Waals surface area contributed by atoms with Crippen molar-refractivity contribution in [1.82, 2.24) is 5.32 Å². The van der Waals surface area contributed by atoms with Crippen molar-refractivity contribution in [2.24, 2.45) is 0 Å². The molecule has 1 N–H and O–H groups in total. The van der Waals surface area contributed by atoms with Crippen molar-refractivity contribution in [3.63, 3.8) is 0 Å². The number of ether oxygens (including phenoxy) is 1. The second kappa shape index (κ2) is 9.37. The van der Waals surface area contributed by atoms with E-state index in [1.54, 1.807) is 17.0 Å². The van der Waals surface area contributed by atoms with Crippen LogP contribution in [0.15, 0.2) is 48.5 Å². The normalized spacial score (nSPS) is 15.4. The van der Waals surface area contributed by atoms with Crippen LogP contribution in [0.2, 0.25) is 0 Å².